The van der Waals surface area contributed by atoms with E-state index in [1.165, 1.54) is 18.2 Å². The summed E-state index contributed by atoms with van der Waals surface area (Å²) in [6.07, 6.45) is 1.02. The molecule has 0 aromatic heterocycles. The number of carbonyl (C=O) groups excluding carboxylic acids is 1. The number of carboxylic acid groups (broad SMARTS) is 1. The first-order valence-corrected chi connectivity index (χ1v) is 6.00. The molecule has 0 heterocycles. The molecule has 1 rings (SSSR count). The van der Waals surface area contributed by atoms with Gasteiger partial charge in [-0.3, -0.25) is 4.79 Å². The number of hydrogen-bond donors (Lipinski definition) is 4. The number of aromatic carboxylic acids is 1. The lowest BCUT2D eigenvalue weighted by molar-refractivity contribution is -0.116. The number of nitrogens with two attached hydrogens (primary N) is 1. The van der Waals surface area contributed by atoms with E-state index in [4.69, 9.17) is 10.8 Å². The smallest absolute Gasteiger partial charge is 0.339 e. The summed E-state index contributed by atoms with van der Waals surface area (Å²) in [5.74, 6) is -1.51. The Bertz CT molecular complexity index is 474. The summed E-state index contributed by atoms with van der Waals surface area (Å²) >= 11 is 0. The van der Waals surface area contributed by atoms with Gasteiger partial charge >= 0.3 is 5.97 Å². The Morgan fingerprint density at radius 1 is 1.42 bits per heavy atom. The maximum Gasteiger partial charge on any atom is 0.339 e. The Hall–Kier alpha value is -2.08. The van der Waals surface area contributed by atoms with Gasteiger partial charge in [0.1, 0.15) is 11.3 Å². The summed E-state index contributed by atoms with van der Waals surface area (Å²) < 4.78 is 0. The highest BCUT2D eigenvalue weighted by Crippen LogP contribution is 2.22. The number of hydrogen-bond acceptors (Lipinski definition) is 4. The van der Waals surface area contributed by atoms with Crippen molar-refractivity contribution in [2.75, 3.05) is 11.9 Å². The van der Waals surface area contributed by atoms with Crippen LogP contribution in [0.2, 0.25) is 0 Å². The number of aromatic hydroxyl groups is 1. The molecule has 1 unspecified atom stereocenters. The Labute approximate surface area is 111 Å². The van der Waals surface area contributed by atoms with Crippen molar-refractivity contribution >= 4 is 17.6 Å². The van der Waals surface area contributed by atoms with Crippen molar-refractivity contribution in [3.63, 3.8) is 0 Å². The molecule has 0 aliphatic heterocycles. The Morgan fingerprint density at radius 3 is 2.63 bits per heavy atom. The highest BCUT2D eigenvalue weighted by Gasteiger charge is 2.11. The van der Waals surface area contributed by atoms with Crippen LogP contribution in [0.15, 0.2) is 18.2 Å². The lowest BCUT2D eigenvalue weighted by atomic mass is 10.1. The van der Waals surface area contributed by atoms with E-state index in [1.54, 1.807) is 0 Å². The second kappa shape index (κ2) is 6.75. The maximum atomic E-state index is 11.6. The van der Waals surface area contributed by atoms with Crippen LogP contribution >= 0.6 is 0 Å². The predicted octanol–water partition coefficient (Wildman–Crippen LogP) is 1.40. The molecule has 0 spiro atoms. The molecule has 0 aliphatic rings. The van der Waals surface area contributed by atoms with E-state index in [9.17, 15) is 14.7 Å². The molecule has 0 aliphatic carbocycles. The number of rotatable bonds is 6. The second-order valence-corrected chi connectivity index (χ2v) is 4.46. The molecule has 0 fully saturated rings. The third kappa shape index (κ3) is 4.59. The summed E-state index contributed by atoms with van der Waals surface area (Å²) in [5, 5.41) is 20.8. The minimum Gasteiger partial charge on any atom is -0.507 e. The number of phenols is 1. The monoisotopic (exact) mass is 266 g/mol. The van der Waals surface area contributed by atoms with Crippen LogP contribution in [-0.4, -0.2) is 28.6 Å². The SMILES string of the molecule is CC(CN)CCC(=O)Nc1ccc(C(=O)O)c(O)c1. The number of carboxylic acids is 1. The lowest BCUT2D eigenvalue weighted by Crippen LogP contribution is -2.16. The van der Waals surface area contributed by atoms with Gasteiger partial charge in [0.05, 0.1) is 0 Å². The number of benzene rings is 1. The van der Waals surface area contributed by atoms with Gasteiger partial charge in [-0.2, -0.15) is 0 Å². The van der Waals surface area contributed by atoms with Crippen LogP contribution in [0.5, 0.6) is 5.75 Å². The zero-order valence-corrected chi connectivity index (χ0v) is 10.7. The minimum atomic E-state index is -1.22. The molecule has 6 nitrogen and oxygen atoms in total. The van der Waals surface area contributed by atoms with Crippen LogP contribution in [-0.2, 0) is 4.79 Å². The Kier molecular flexibility index (Phi) is 5.32. The van der Waals surface area contributed by atoms with Gasteiger partial charge < -0.3 is 21.3 Å². The summed E-state index contributed by atoms with van der Waals surface area (Å²) in [6, 6.07) is 3.90. The first kappa shape index (κ1) is 15.0. The zero-order chi connectivity index (χ0) is 14.4. The van der Waals surface area contributed by atoms with Crippen molar-refractivity contribution in [3.8, 4) is 5.75 Å². The largest absolute Gasteiger partial charge is 0.507 e. The molecule has 104 valence electrons. The van der Waals surface area contributed by atoms with E-state index in [0.29, 0.717) is 25.1 Å². The van der Waals surface area contributed by atoms with Crippen LogP contribution < -0.4 is 11.1 Å². The van der Waals surface area contributed by atoms with Crippen LogP contribution in [0.25, 0.3) is 0 Å². The van der Waals surface area contributed by atoms with Crippen LogP contribution in [0.1, 0.15) is 30.1 Å². The molecule has 1 atom stereocenters. The highest BCUT2D eigenvalue weighted by atomic mass is 16.4. The van der Waals surface area contributed by atoms with Crippen molar-refractivity contribution < 1.29 is 19.8 Å². The first-order valence-electron chi connectivity index (χ1n) is 6.00. The third-order valence-corrected chi connectivity index (χ3v) is 2.78. The average molecular weight is 266 g/mol. The highest BCUT2D eigenvalue weighted by molar-refractivity contribution is 5.94. The van der Waals surface area contributed by atoms with E-state index in [2.05, 4.69) is 5.32 Å². The second-order valence-electron chi connectivity index (χ2n) is 4.46. The van der Waals surface area contributed by atoms with E-state index >= 15 is 0 Å². The predicted molar refractivity (Wildman–Crippen MR) is 71.1 cm³/mol. The van der Waals surface area contributed by atoms with Crippen molar-refractivity contribution in [2.45, 2.75) is 19.8 Å². The molecule has 0 radical (unpaired) electrons. The van der Waals surface area contributed by atoms with Gasteiger partial charge in [0.15, 0.2) is 0 Å². The van der Waals surface area contributed by atoms with Crippen LogP contribution in [0.3, 0.4) is 0 Å². The number of nitrogens with one attached hydrogen (secondary N) is 1. The zero-order valence-electron chi connectivity index (χ0n) is 10.7. The summed E-state index contributed by atoms with van der Waals surface area (Å²) in [5.41, 5.74) is 5.62. The summed E-state index contributed by atoms with van der Waals surface area (Å²) in [7, 11) is 0. The van der Waals surface area contributed by atoms with Gasteiger partial charge in [0.2, 0.25) is 5.91 Å². The minimum absolute atomic E-state index is 0.192. The van der Waals surface area contributed by atoms with E-state index in [-0.39, 0.29) is 23.1 Å². The van der Waals surface area contributed by atoms with Gasteiger partial charge in [0, 0.05) is 18.2 Å². The van der Waals surface area contributed by atoms with Crippen LogP contribution in [0, 0.1) is 5.92 Å². The molecule has 0 saturated heterocycles. The number of amides is 1. The van der Waals surface area contributed by atoms with Crippen molar-refractivity contribution in [2.24, 2.45) is 11.7 Å². The Morgan fingerprint density at radius 2 is 2.11 bits per heavy atom. The summed E-state index contributed by atoms with van der Waals surface area (Å²) in [6.45, 7) is 2.49. The van der Waals surface area contributed by atoms with Gasteiger partial charge in [0.25, 0.3) is 0 Å². The van der Waals surface area contributed by atoms with E-state index in [0.717, 1.165) is 0 Å². The third-order valence-electron chi connectivity index (χ3n) is 2.78. The Balaban J connectivity index is 2.60. The molecule has 1 aromatic rings. The van der Waals surface area contributed by atoms with Crippen LogP contribution in [0.4, 0.5) is 5.69 Å². The van der Waals surface area contributed by atoms with Crippen molar-refractivity contribution in [3.05, 3.63) is 23.8 Å². The van der Waals surface area contributed by atoms with Gasteiger partial charge in [-0.15, -0.1) is 0 Å². The molecule has 5 N–H and O–H groups in total. The fourth-order valence-corrected chi connectivity index (χ4v) is 1.51. The summed E-state index contributed by atoms with van der Waals surface area (Å²) in [4.78, 5) is 22.3. The molecule has 0 saturated carbocycles. The fourth-order valence-electron chi connectivity index (χ4n) is 1.51. The van der Waals surface area contributed by atoms with Crippen molar-refractivity contribution in [1.82, 2.24) is 0 Å². The average Bonchev–Trinajstić information content (AvgIpc) is 2.35. The molecule has 19 heavy (non-hydrogen) atoms. The molecule has 6 heteroatoms. The van der Waals surface area contributed by atoms with Crippen molar-refractivity contribution in [1.29, 1.82) is 0 Å². The molecular weight excluding hydrogens is 248 g/mol. The van der Waals surface area contributed by atoms with Gasteiger partial charge in [-0.25, -0.2) is 4.79 Å². The van der Waals surface area contributed by atoms with Gasteiger partial charge in [-0.1, -0.05) is 6.92 Å². The molecular formula is C13H18N2O4. The molecule has 0 bridgehead atoms. The normalized spacial score (nSPS) is 11.9. The lowest BCUT2D eigenvalue weighted by Gasteiger charge is -2.09. The van der Waals surface area contributed by atoms with E-state index < -0.39 is 5.97 Å². The standard InChI is InChI=1S/C13H18N2O4/c1-8(7-14)2-5-12(17)15-9-3-4-10(13(18)19)11(16)6-9/h3-4,6,8,16H,2,5,7,14H2,1H3,(H,15,17)(H,18,19). The number of anilines is 1. The maximum absolute atomic E-state index is 11.6. The number of carbonyl (C=O) groups is 2. The molecule has 1 amide bonds. The van der Waals surface area contributed by atoms with Gasteiger partial charge in [-0.05, 0) is 31.0 Å². The molecule has 1 aromatic carbocycles. The fraction of sp³-hybridized carbons (Fsp3) is 0.385. The topological polar surface area (TPSA) is 113 Å². The quantitative estimate of drug-likeness (QED) is 0.621. The van der Waals surface area contributed by atoms with E-state index in [1.807, 2.05) is 6.92 Å². The first-order chi connectivity index (χ1) is 8.93.